The summed E-state index contributed by atoms with van der Waals surface area (Å²) in [5.41, 5.74) is 0.795. The predicted molar refractivity (Wildman–Crippen MR) is 88.6 cm³/mol. The highest BCUT2D eigenvalue weighted by Gasteiger charge is 2.27. The van der Waals surface area contributed by atoms with Crippen LogP contribution in [0.2, 0.25) is 0 Å². The zero-order valence-corrected chi connectivity index (χ0v) is 13.8. The lowest BCUT2D eigenvalue weighted by Crippen LogP contribution is -2.51. The van der Waals surface area contributed by atoms with Crippen LogP contribution >= 0.6 is 11.3 Å². The molecule has 2 aliphatic rings. The zero-order chi connectivity index (χ0) is 15.5. The fourth-order valence-electron chi connectivity index (χ4n) is 2.46. The predicted octanol–water partition coefficient (Wildman–Crippen LogP) is 1.97. The molecule has 6 nitrogen and oxygen atoms in total. The molecular formula is C15H21N5OS. The summed E-state index contributed by atoms with van der Waals surface area (Å²) in [6.45, 7) is 6.34. The Morgan fingerprint density at radius 3 is 2.91 bits per heavy atom. The Kier molecular flexibility index (Phi) is 4.63. The molecule has 3 heterocycles. The SMILES string of the molecule is CC.O=CC1CN(c2nc3nc(C4CC4)ncc3s2)CCN1. The van der Waals surface area contributed by atoms with E-state index in [1.807, 2.05) is 20.0 Å². The Bertz CT molecular complexity index is 654. The summed E-state index contributed by atoms with van der Waals surface area (Å²) in [5.74, 6) is 1.48. The van der Waals surface area contributed by atoms with Crippen LogP contribution in [0.25, 0.3) is 10.3 Å². The first-order chi connectivity index (χ1) is 10.8. The van der Waals surface area contributed by atoms with E-state index in [2.05, 4.69) is 25.2 Å². The number of rotatable bonds is 3. The molecule has 118 valence electrons. The molecular weight excluding hydrogens is 298 g/mol. The number of nitrogens with one attached hydrogen (secondary N) is 1. The van der Waals surface area contributed by atoms with Crippen LogP contribution in [0.1, 0.15) is 38.4 Å². The fraction of sp³-hybridized carbons (Fsp3) is 0.600. The molecule has 2 aromatic rings. The maximum absolute atomic E-state index is 10.9. The van der Waals surface area contributed by atoms with Crippen LogP contribution in [0, 0.1) is 0 Å². The van der Waals surface area contributed by atoms with Crippen LogP contribution < -0.4 is 10.2 Å². The third-order valence-electron chi connectivity index (χ3n) is 3.74. The van der Waals surface area contributed by atoms with E-state index >= 15 is 0 Å². The van der Waals surface area contributed by atoms with Gasteiger partial charge in [-0.15, -0.1) is 0 Å². The molecule has 0 aromatic carbocycles. The highest BCUT2D eigenvalue weighted by Crippen LogP contribution is 2.39. The van der Waals surface area contributed by atoms with Crippen molar-refractivity contribution in [3.63, 3.8) is 0 Å². The highest BCUT2D eigenvalue weighted by atomic mass is 32.1. The monoisotopic (exact) mass is 319 g/mol. The van der Waals surface area contributed by atoms with Gasteiger partial charge in [0.15, 0.2) is 10.8 Å². The smallest absolute Gasteiger partial charge is 0.188 e. The average Bonchev–Trinajstić information content (AvgIpc) is 3.35. The number of anilines is 1. The van der Waals surface area contributed by atoms with Crippen molar-refractivity contribution in [2.24, 2.45) is 0 Å². The van der Waals surface area contributed by atoms with E-state index in [0.717, 1.165) is 40.7 Å². The summed E-state index contributed by atoms with van der Waals surface area (Å²) in [5, 5.41) is 4.11. The van der Waals surface area contributed by atoms with Gasteiger partial charge in [-0.2, -0.15) is 4.98 Å². The minimum absolute atomic E-state index is 0.108. The number of piperazine rings is 1. The van der Waals surface area contributed by atoms with Gasteiger partial charge in [0, 0.05) is 25.6 Å². The molecule has 1 N–H and O–H groups in total. The van der Waals surface area contributed by atoms with Crippen molar-refractivity contribution < 1.29 is 4.79 Å². The highest BCUT2D eigenvalue weighted by molar-refractivity contribution is 7.22. The van der Waals surface area contributed by atoms with Crippen LogP contribution in [0.5, 0.6) is 0 Å². The Hall–Kier alpha value is -1.60. The Balaban J connectivity index is 0.000000693. The number of hydrogen-bond donors (Lipinski definition) is 1. The van der Waals surface area contributed by atoms with Crippen molar-refractivity contribution >= 4 is 33.1 Å². The van der Waals surface area contributed by atoms with E-state index in [4.69, 9.17) is 0 Å². The molecule has 1 unspecified atom stereocenters. The second-order valence-corrected chi connectivity index (χ2v) is 6.34. The molecule has 2 aromatic heterocycles. The third-order valence-corrected chi connectivity index (χ3v) is 4.78. The van der Waals surface area contributed by atoms with E-state index < -0.39 is 0 Å². The molecule has 0 bridgehead atoms. The van der Waals surface area contributed by atoms with Gasteiger partial charge >= 0.3 is 0 Å². The molecule has 0 radical (unpaired) electrons. The molecule has 2 fully saturated rings. The Labute approximate surface area is 134 Å². The van der Waals surface area contributed by atoms with E-state index in [-0.39, 0.29) is 6.04 Å². The first-order valence-corrected chi connectivity index (χ1v) is 8.72. The van der Waals surface area contributed by atoms with Gasteiger partial charge < -0.3 is 15.0 Å². The largest absolute Gasteiger partial charge is 0.345 e. The van der Waals surface area contributed by atoms with Gasteiger partial charge in [-0.1, -0.05) is 25.2 Å². The number of nitrogens with zero attached hydrogens (tertiary/aromatic N) is 4. The molecule has 1 saturated carbocycles. The number of aromatic nitrogens is 3. The van der Waals surface area contributed by atoms with E-state index in [1.54, 1.807) is 11.3 Å². The normalized spacial score (nSPS) is 21.4. The van der Waals surface area contributed by atoms with Crippen LogP contribution in [-0.4, -0.2) is 46.9 Å². The quantitative estimate of drug-likeness (QED) is 0.872. The first kappa shape index (κ1) is 15.3. The molecule has 1 atom stereocenters. The van der Waals surface area contributed by atoms with Crippen molar-refractivity contribution in [3.8, 4) is 0 Å². The first-order valence-electron chi connectivity index (χ1n) is 7.90. The second kappa shape index (κ2) is 6.66. The average molecular weight is 319 g/mol. The summed E-state index contributed by atoms with van der Waals surface area (Å²) in [6, 6.07) is -0.108. The lowest BCUT2D eigenvalue weighted by atomic mass is 10.2. The summed E-state index contributed by atoms with van der Waals surface area (Å²) < 4.78 is 1.02. The molecule has 0 amide bonds. The Morgan fingerprint density at radius 1 is 1.36 bits per heavy atom. The standard InChI is InChI=1S/C13H15N5OS.C2H6/c19-7-9-6-18(4-3-14-9)13-17-12-10(20-13)5-15-11(16-12)8-1-2-8;1-2/h5,7-9,14H,1-4,6H2;1-2H3. The van der Waals surface area contributed by atoms with Crippen molar-refractivity contribution in [1.29, 1.82) is 0 Å². The second-order valence-electron chi connectivity index (χ2n) is 5.33. The molecule has 1 aliphatic heterocycles. The number of carbonyl (C=O) groups excluding carboxylic acids is 1. The molecule has 1 saturated heterocycles. The van der Waals surface area contributed by atoms with Gasteiger partial charge in [0.05, 0.1) is 16.9 Å². The number of carbonyl (C=O) groups is 1. The van der Waals surface area contributed by atoms with Gasteiger partial charge in [0.1, 0.15) is 12.1 Å². The Morgan fingerprint density at radius 2 is 2.18 bits per heavy atom. The lowest BCUT2D eigenvalue weighted by molar-refractivity contribution is -0.109. The van der Waals surface area contributed by atoms with Gasteiger partial charge in [-0.3, -0.25) is 0 Å². The third kappa shape index (κ3) is 3.10. The van der Waals surface area contributed by atoms with Crippen molar-refractivity contribution in [2.75, 3.05) is 24.5 Å². The van der Waals surface area contributed by atoms with Crippen molar-refractivity contribution in [2.45, 2.75) is 38.6 Å². The molecule has 1 aliphatic carbocycles. The topological polar surface area (TPSA) is 71.0 Å². The van der Waals surface area contributed by atoms with Crippen LogP contribution in [0.15, 0.2) is 6.20 Å². The number of aldehydes is 1. The summed E-state index contributed by atoms with van der Waals surface area (Å²) in [7, 11) is 0. The van der Waals surface area contributed by atoms with Gasteiger partial charge in [0.2, 0.25) is 0 Å². The summed E-state index contributed by atoms with van der Waals surface area (Å²) in [4.78, 5) is 26.7. The summed E-state index contributed by atoms with van der Waals surface area (Å²) >= 11 is 1.60. The minimum Gasteiger partial charge on any atom is -0.345 e. The van der Waals surface area contributed by atoms with Crippen LogP contribution in [0.3, 0.4) is 0 Å². The number of thiazole rings is 1. The number of hydrogen-bond acceptors (Lipinski definition) is 7. The maximum Gasteiger partial charge on any atom is 0.188 e. The molecule has 22 heavy (non-hydrogen) atoms. The van der Waals surface area contributed by atoms with Gasteiger partial charge in [-0.05, 0) is 12.8 Å². The van der Waals surface area contributed by atoms with Crippen LogP contribution in [0.4, 0.5) is 5.13 Å². The minimum atomic E-state index is -0.108. The van der Waals surface area contributed by atoms with E-state index in [9.17, 15) is 4.79 Å². The van der Waals surface area contributed by atoms with E-state index in [0.29, 0.717) is 12.5 Å². The van der Waals surface area contributed by atoms with Crippen molar-refractivity contribution in [1.82, 2.24) is 20.3 Å². The molecule has 4 rings (SSSR count). The summed E-state index contributed by atoms with van der Waals surface area (Å²) in [6.07, 6.45) is 5.24. The lowest BCUT2D eigenvalue weighted by Gasteiger charge is -2.30. The number of fused-ring (bicyclic) bond motifs is 1. The van der Waals surface area contributed by atoms with E-state index in [1.165, 1.54) is 12.8 Å². The van der Waals surface area contributed by atoms with Gasteiger partial charge in [0.25, 0.3) is 0 Å². The maximum atomic E-state index is 10.9. The zero-order valence-electron chi connectivity index (χ0n) is 13.0. The fourth-order valence-corrected chi connectivity index (χ4v) is 3.37. The molecule has 7 heteroatoms. The van der Waals surface area contributed by atoms with Gasteiger partial charge in [-0.25, -0.2) is 9.97 Å². The van der Waals surface area contributed by atoms with Crippen LogP contribution in [-0.2, 0) is 4.79 Å². The van der Waals surface area contributed by atoms with Crippen molar-refractivity contribution in [3.05, 3.63) is 12.0 Å². The molecule has 0 spiro atoms.